The second kappa shape index (κ2) is 9.86. The molecule has 0 radical (unpaired) electrons. The number of benzene rings is 1. The van der Waals surface area contributed by atoms with Gasteiger partial charge in [0, 0.05) is 36.1 Å². The first-order chi connectivity index (χ1) is 17.8. The highest BCUT2D eigenvalue weighted by molar-refractivity contribution is 7.21. The van der Waals surface area contributed by atoms with Crippen molar-refractivity contribution >= 4 is 39.1 Å². The maximum Gasteiger partial charge on any atom is 0.259 e. The number of primary amides is 1. The quantitative estimate of drug-likeness (QED) is 0.302. The number of carbonyl (C=O) groups is 1. The molecule has 3 N–H and O–H groups in total. The van der Waals surface area contributed by atoms with Gasteiger partial charge in [-0.2, -0.15) is 5.10 Å². The Balaban J connectivity index is 1.59. The van der Waals surface area contributed by atoms with Crippen LogP contribution in [0.4, 0.5) is 11.6 Å². The number of nitrogens with two attached hydrogens (primary N) is 1. The number of pyridine rings is 1. The molecule has 0 aliphatic heterocycles. The molecular formula is C26H25N7O3S. The van der Waals surface area contributed by atoms with Crippen molar-refractivity contribution in [2.24, 2.45) is 12.8 Å². The summed E-state index contributed by atoms with van der Waals surface area (Å²) in [7, 11) is 3.40. The predicted octanol–water partition coefficient (Wildman–Crippen LogP) is 4.79. The van der Waals surface area contributed by atoms with Crippen LogP contribution in [0.2, 0.25) is 0 Å². The van der Waals surface area contributed by atoms with Gasteiger partial charge in [-0.25, -0.2) is 15.0 Å². The fourth-order valence-electron chi connectivity index (χ4n) is 3.97. The summed E-state index contributed by atoms with van der Waals surface area (Å²) < 4.78 is 14.0. The van der Waals surface area contributed by atoms with E-state index in [1.54, 1.807) is 29.3 Å². The van der Waals surface area contributed by atoms with E-state index in [2.05, 4.69) is 20.4 Å². The molecular weight excluding hydrogens is 490 g/mol. The highest BCUT2D eigenvalue weighted by Crippen LogP contribution is 2.41. The average Bonchev–Trinajstić information content (AvgIpc) is 3.48. The van der Waals surface area contributed by atoms with E-state index < -0.39 is 5.91 Å². The van der Waals surface area contributed by atoms with E-state index in [1.807, 2.05) is 51.4 Å². The van der Waals surface area contributed by atoms with Gasteiger partial charge in [0.1, 0.15) is 10.6 Å². The molecule has 0 aliphatic rings. The molecule has 11 heteroatoms. The van der Waals surface area contributed by atoms with E-state index in [9.17, 15) is 4.79 Å². The first kappa shape index (κ1) is 24.2. The van der Waals surface area contributed by atoms with E-state index in [4.69, 9.17) is 20.2 Å². The number of ether oxygens (including phenoxy) is 2. The van der Waals surface area contributed by atoms with E-state index in [1.165, 1.54) is 18.4 Å². The molecule has 5 rings (SSSR count). The molecule has 188 valence electrons. The van der Waals surface area contributed by atoms with Crippen LogP contribution in [0, 0.1) is 0 Å². The zero-order valence-electron chi connectivity index (χ0n) is 20.7. The summed E-state index contributed by atoms with van der Waals surface area (Å²) >= 11 is 1.23. The highest BCUT2D eigenvalue weighted by atomic mass is 32.1. The molecule has 4 heterocycles. The number of nitrogens with one attached hydrogen (secondary N) is 1. The van der Waals surface area contributed by atoms with Crippen LogP contribution < -0.4 is 20.5 Å². The van der Waals surface area contributed by atoms with Gasteiger partial charge in [0.15, 0.2) is 0 Å². The van der Waals surface area contributed by atoms with Crippen LogP contribution >= 0.6 is 11.3 Å². The Kier molecular flexibility index (Phi) is 6.45. The molecule has 0 atom stereocenters. The Bertz CT molecular complexity index is 1610. The van der Waals surface area contributed by atoms with E-state index in [0.717, 1.165) is 11.1 Å². The Morgan fingerprint density at radius 2 is 2.00 bits per heavy atom. The number of thiophene rings is 1. The van der Waals surface area contributed by atoms with Crippen LogP contribution in [0.1, 0.15) is 23.5 Å². The number of hydrogen-bond donors (Lipinski definition) is 2. The lowest BCUT2D eigenvalue weighted by Gasteiger charge is -2.16. The molecule has 0 fully saturated rings. The van der Waals surface area contributed by atoms with Crippen molar-refractivity contribution in [2.45, 2.75) is 20.0 Å². The summed E-state index contributed by atoms with van der Waals surface area (Å²) in [5, 5.41) is 7.53. The summed E-state index contributed by atoms with van der Waals surface area (Å²) in [5.74, 6) is 0.805. The first-order valence-corrected chi connectivity index (χ1v) is 12.3. The van der Waals surface area contributed by atoms with E-state index >= 15 is 0 Å². The molecule has 1 amide bonds. The van der Waals surface area contributed by atoms with Crippen molar-refractivity contribution in [1.29, 1.82) is 0 Å². The third-order valence-corrected chi connectivity index (χ3v) is 6.65. The van der Waals surface area contributed by atoms with Gasteiger partial charge in [-0.3, -0.25) is 9.48 Å². The molecule has 5 aromatic rings. The number of aromatic nitrogens is 5. The van der Waals surface area contributed by atoms with Gasteiger partial charge >= 0.3 is 0 Å². The van der Waals surface area contributed by atoms with Gasteiger partial charge < -0.3 is 20.5 Å². The van der Waals surface area contributed by atoms with Crippen LogP contribution in [0.15, 0.2) is 55.1 Å². The van der Waals surface area contributed by atoms with Gasteiger partial charge in [-0.15, -0.1) is 11.3 Å². The van der Waals surface area contributed by atoms with Gasteiger partial charge in [0.2, 0.25) is 11.8 Å². The monoisotopic (exact) mass is 515 g/mol. The lowest BCUT2D eigenvalue weighted by Crippen LogP contribution is -2.10. The average molecular weight is 516 g/mol. The third kappa shape index (κ3) is 4.81. The molecule has 4 aromatic heterocycles. The molecule has 0 aliphatic carbocycles. The van der Waals surface area contributed by atoms with Gasteiger partial charge in [0.25, 0.3) is 5.91 Å². The minimum atomic E-state index is -0.558. The van der Waals surface area contributed by atoms with Crippen molar-refractivity contribution in [3.63, 3.8) is 0 Å². The van der Waals surface area contributed by atoms with Crippen LogP contribution in [-0.2, 0) is 7.05 Å². The van der Waals surface area contributed by atoms with Crippen molar-refractivity contribution in [1.82, 2.24) is 24.7 Å². The summed E-state index contributed by atoms with van der Waals surface area (Å²) in [5.41, 5.74) is 10.1. The maximum atomic E-state index is 12.3. The van der Waals surface area contributed by atoms with Crippen molar-refractivity contribution < 1.29 is 14.3 Å². The number of amides is 1. The highest BCUT2D eigenvalue weighted by Gasteiger charge is 2.23. The largest absolute Gasteiger partial charge is 0.489 e. The Labute approximate surface area is 217 Å². The lowest BCUT2D eigenvalue weighted by molar-refractivity contribution is 0.100. The number of anilines is 2. The zero-order chi connectivity index (χ0) is 26.1. The van der Waals surface area contributed by atoms with Gasteiger partial charge in [-0.1, -0.05) is 6.07 Å². The zero-order valence-corrected chi connectivity index (χ0v) is 21.5. The molecule has 0 spiro atoms. The number of methoxy groups -OCH3 is 1. The molecule has 10 nitrogen and oxygen atoms in total. The normalized spacial score (nSPS) is 11.2. The van der Waals surface area contributed by atoms with Crippen LogP contribution in [-0.4, -0.2) is 43.9 Å². The SMILES string of the molecule is COc1ncccc1-c1c(C(N)=O)sc2cnc(Nc3ccc(-c4cnn(C)c4)cc3OC(C)C)nc12. The van der Waals surface area contributed by atoms with Crippen LogP contribution in [0.3, 0.4) is 0 Å². The van der Waals surface area contributed by atoms with E-state index in [0.29, 0.717) is 49.5 Å². The Morgan fingerprint density at radius 1 is 1.16 bits per heavy atom. The van der Waals surface area contributed by atoms with Crippen molar-refractivity contribution in [3.05, 3.63) is 60.0 Å². The second-order valence-corrected chi connectivity index (χ2v) is 9.59. The summed E-state index contributed by atoms with van der Waals surface area (Å²) in [6.07, 6.45) is 6.99. The number of rotatable bonds is 8. The number of carbonyl (C=O) groups excluding carboxylic acids is 1. The molecule has 37 heavy (non-hydrogen) atoms. The molecule has 0 bridgehead atoms. The first-order valence-electron chi connectivity index (χ1n) is 11.5. The summed E-state index contributed by atoms with van der Waals surface area (Å²) in [6.45, 7) is 3.93. The summed E-state index contributed by atoms with van der Waals surface area (Å²) in [4.78, 5) is 26.2. The van der Waals surface area contributed by atoms with Gasteiger partial charge in [-0.05, 0) is 43.7 Å². The van der Waals surface area contributed by atoms with Gasteiger partial charge in [0.05, 0.1) is 41.5 Å². The van der Waals surface area contributed by atoms with Crippen molar-refractivity contribution in [2.75, 3.05) is 12.4 Å². The lowest BCUT2D eigenvalue weighted by atomic mass is 10.1. The maximum absolute atomic E-state index is 12.3. The summed E-state index contributed by atoms with van der Waals surface area (Å²) in [6, 6.07) is 9.44. The minimum Gasteiger partial charge on any atom is -0.489 e. The smallest absolute Gasteiger partial charge is 0.259 e. The number of fused-ring (bicyclic) bond motifs is 1. The third-order valence-electron chi connectivity index (χ3n) is 5.52. The number of nitrogens with zero attached hydrogens (tertiary/aromatic N) is 5. The molecule has 0 saturated heterocycles. The molecule has 0 unspecified atom stereocenters. The fourth-order valence-corrected chi connectivity index (χ4v) is 4.95. The van der Waals surface area contributed by atoms with Crippen LogP contribution in [0.5, 0.6) is 11.6 Å². The Hall–Kier alpha value is -4.51. The topological polar surface area (TPSA) is 130 Å². The molecule has 1 aromatic carbocycles. The van der Waals surface area contributed by atoms with Crippen molar-refractivity contribution in [3.8, 4) is 33.9 Å². The standard InChI is InChI=1S/C26H25N7O3S/c1-14(2)36-19-10-15(16-11-30-33(3)13-16)7-8-18(19)31-26-29-12-20-22(32-26)21(23(37-20)24(27)34)17-6-5-9-28-25(17)35-4/h5-14H,1-4H3,(H2,27,34)(H,29,31,32). The fraction of sp³-hybridized carbons (Fsp3) is 0.192. The minimum absolute atomic E-state index is 0.0484. The van der Waals surface area contributed by atoms with Crippen LogP contribution in [0.25, 0.3) is 32.5 Å². The molecule has 0 saturated carbocycles. The van der Waals surface area contributed by atoms with E-state index in [-0.39, 0.29) is 6.10 Å². The second-order valence-electron chi connectivity index (χ2n) is 8.54. The predicted molar refractivity (Wildman–Crippen MR) is 143 cm³/mol. The number of hydrogen-bond acceptors (Lipinski definition) is 9. The Morgan fingerprint density at radius 3 is 2.70 bits per heavy atom. The number of aryl methyl sites for hydroxylation is 1.